The molecule has 0 saturated heterocycles. The zero-order chi connectivity index (χ0) is 8.36. The zero-order valence-corrected chi connectivity index (χ0v) is 9.10. The molecule has 1 heteroatoms. The van der Waals surface area contributed by atoms with Crippen LogP contribution in [0.25, 0.3) is 0 Å². The van der Waals surface area contributed by atoms with Gasteiger partial charge in [-0.3, -0.25) is 0 Å². The third kappa shape index (κ3) is 10.5. The number of rotatable bonds is 8. The van der Waals surface area contributed by atoms with E-state index in [9.17, 15) is 0 Å². The molecule has 0 spiro atoms. The van der Waals surface area contributed by atoms with Crippen molar-refractivity contribution in [3.63, 3.8) is 0 Å². The minimum atomic E-state index is 1.29. The minimum Gasteiger partial charge on any atom is -0.118 e. The maximum atomic E-state index is 2.79. The highest BCUT2D eigenvalue weighted by atomic mass is 27.0. The van der Waals surface area contributed by atoms with E-state index < -0.39 is 0 Å². The van der Waals surface area contributed by atoms with Crippen LogP contribution in [0.1, 0.15) is 58.3 Å². The van der Waals surface area contributed by atoms with Crippen LogP contribution in [0.3, 0.4) is 0 Å². The number of unbranched alkanes of at least 4 members (excludes halogenated alkanes) is 7. The second-order valence-electron chi connectivity index (χ2n) is 3.26. The van der Waals surface area contributed by atoms with Crippen LogP contribution < -0.4 is 0 Å². The molecular weight excluding hydrogens is 147 g/mol. The largest absolute Gasteiger partial charge is 0.118 e. The summed E-state index contributed by atoms with van der Waals surface area (Å²) in [6, 6.07) is 0. The van der Waals surface area contributed by atoms with Gasteiger partial charge in [-0.25, -0.2) is 0 Å². The van der Waals surface area contributed by atoms with Crippen LogP contribution >= 0.6 is 0 Å². The van der Waals surface area contributed by atoms with Gasteiger partial charge in [-0.15, -0.1) is 5.28 Å². The Morgan fingerprint density at radius 3 is 1.64 bits per heavy atom. The molecule has 11 heavy (non-hydrogen) atoms. The lowest BCUT2D eigenvalue weighted by atomic mass is 10.1. The van der Waals surface area contributed by atoms with E-state index in [4.69, 9.17) is 0 Å². The maximum absolute atomic E-state index is 2.79. The highest BCUT2D eigenvalue weighted by Crippen LogP contribution is 2.08. The summed E-state index contributed by atoms with van der Waals surface area (Å²) >= 11 is 2.79. The molecule has 0 aliphatic rings. The van der Waals surface area contributed by atoms with E-state index in [2.05, 4.69) is 23.2 Å². The van der Waals surface area contributed by atoms with Gasteiger partial charge in [0.2, 0.25) is 0 Å². The fourth-order valence-electron chi connectivity index (χ4n) is 1.28. The Labute approximate surface area is 80.2 Å². The Morgan fingerprint density at radius 1 is 0.727 bits per heavy atom. The second-order valence-corrected chi connectivity index (χ2v) is 3.84. The van der Waals surface area contributed by atoms with Gasteiger partial charge in [0.05, 0.1) is 0 Å². The summed E-state index contributed by atoms with van der Waals surface area (Å²) in [6.45, 7) is 2.27. The standard InChI is InChI=1S/C10H21.Al/c1-3-5-7-9-10-8-6-4-2;/h1,3-10H2,2H3;. The van der Waals surface area contributed by atoms with Crippen molar-refractivity contribution in [3.05, 3.63) is 0 Å². The molecule has 0 rings (SSSR count). The first-order valence-corrected chi connectivity index (χ1v) is 5.93. The normalized spacial score (nSPS) is 10.3. The molecule has 0 aromatic carbocycles. The van der Waals surface area contributed by atoms with Crippen LogP contribution in [0.4, 0.5) is 0 Å². The van der Waals surface area contributed by atoms with Crippen molar-refractivity contribution in [2.45, 2.75) is 63.6 Å². The first-order valence-electron chi connectivity index (χ1n) is 5.12. The lowest BCUT2D eigenvalue weighted by Gasteiger charge is -1.99. The Bertz CT molecular complexity index is 53.9. The van der Waals surface area contributed by atoms with Crippen LogP contribution in [-0.4, -0.2) is 16.3 Å². The Balaban J connectivity index is 2.69. The van der Waals surface area contributed by atoms with Gasteiger partial charge in [0.25, 0.3) is 0 Å². The highest BCUT2D eigenvalue weighted by molar-refractivity contribution is 6.08. The van der Waals surface area contributed by atoms with Crippen molar-refractivity contribution in [3.8, 4) is 0 Å². The molecule has 0 heterocycles. The summed E-state index contributed by atoms with van der Waals surface area (Å²) in [5.41, 5.74) is 0. The Hall–Kier alpha value is 0.532. The van der Waals surface area contributed by atoms with Gasteiger partial charge < -0.3 is 0 Å². The first-order chi connectivity index (χ1) is 5.41. The SMILES string of the molecule is CCCCCCCCC[CH2][Al]. The molecule has 0 aromatic heterocycles. The van der Waals surface area contributed by atoms with Crippen molar-refractivity contribution in [2.24, 2.45) is 0 Å². The summed E-state index contributed by atoms with van der Waals surface area (Å²) in [7, 11) is 0. The van der Waals surface area contributed by atoms with Crippen molar-refractivity contribution in [2.75, 3.05) is 0 Å². The lowest BCUT2D eigenvalue weighted by Crippen LogP contribution is -1.79. The molecule has 0 saturated carbocycles. The van der Waals surface area contributed by atoms with E-state index >= 15 is 0 Å². The van der Waals surface area contributed by atoms with E-state index in [-0.39, 0.29) is 0 Å². The Kier molecular flexibility index (Phi) is 11.0. The van der Waals surface area contributed by atoms with E-state index in [1.807, 2.05) is 0 Å². The van der Waals surface area contributed by atoms with Gasteiger partial charge in [0, 0.05) is 0 Å². The van der Waals surface area contributed by atoms with Gasteiger partial charge in [0.15, 0.2) is 0 Å². The fraction of sp³-hybridized carbons (Fsp3) is 1.00. The average molecular weight is 168 g/mol. The van der Waals surface area contributed by atoms with Crippen LogP contribution in [0.5, 0.6) is 0 Å². The fourth-order valence-corrected chi connectivity index (χ4v) is 1.57. The van der Waals surface area contributed by atoms with E-state index in [0.717, 1.165) is 0 Å². The van der Waals surface area contributed by atoms with Crippen molar-refractivity contribution >= 4 is 16.3 Å². The number of hydrogen-bond donors (Lipinski definition) is 0. The van der Waals surface area contributed by atoms with Crippen molar-refractivity contribution in [1.82, 2.24) is 0 Å². The zero-order valence-electron chi connectivity index (χ0n) is 7.94. The minimum absolute atomic E-state index is 1.29. The second kappa shape index (κ2) is 10.5. The molecule has 0 atom stereocenters. The molecule has 0 amide bonds. The molecule has 0 fully saturated rings. The van der Waals surface area contributed by atoms with Gasteiger partial charge in [-0.2, -0.15) is 0 Å². The smallest absolute Gasteiger partial charge is 0.118 e. The molecule has 2 radical (unpaired) electrons. The first kappa shape index (κ1) is 11.5. The summed E-state index contributed by atoms with van der Waals surface area (Å²) in [5, 5.41) is 1.29. The van der Waals surface area contributed by atoms with Gasteiger partial charge in [-0.05, 0) is 0 Å². The lowest BCUT2D eigenvalue weighted by molar-refractivity contribution is 0.585. The van der Waals surface area contributed by atoms with Crippen LogP contribution in [0.15, 0.2) is 0 Å². The summed E-state index contributed by atoms with van der Waals surface area (Å²) < 4.78 is 0. The summed E-state index contributed by atoms with van der Waals surface area (Å²) in [6.07, 6.45) is 11.5. The van der Waals surface area contributed by atoms with Crippen molar-refractivity contribution in [1.29, 1.82) is 0 Å². The van der Waals surface area contributed by atoms with Crippen LogP contribution in [0, 0.1) is 0 Å². The average Bonchev–Trinajstić information content (AvgIpc) is 2.03. The van der Waals surface area contributed by atoms with Crippen molar-refractivity contribution < 1.29 is 0 Å². The Morgan fingerprint density at radius 2 is 1.18 bits per heavy atom. The van der Waals surface area contributed by atoms with Gasteiger partial charge in [0.1, 0.15) is 16.3 Å². The molecule has 0 aromatic rings. The number of hydrogen-bond acceptors (Lipinski definition) is 0. The molecular formula is C10H21Al. The third-order valence-corrected chi connectivity index (χ3v) is 2.47. The summed E-state index contributed by atoms with van der Waals surface area (Å²) in [5.74, 6) is 0. The van der Waals surface area contributed by atoms with Gasteiger partial charge in [-0.1, -0.05) is 58.3 Å². The monoisotopic (exact) mass is 168 g/mol. The molecule has 0 aliphatic carbocycles. The molecule has 64 valence electrons. The van der Waals surface area contributed by atoms with Gasteiger partial charge >= 0.3 is 0 Å². The highest BCUT2D eigenvalue weighted by Gasteiger charge is 1.88. The summed E-state index contributed by atoms with van der Waals surface area (Å²) in [4.78, 5) is 0. The predicted molar refractivity (Wildman–Crippen MR) is 53.2 cm³/mol. The van der Waals surface area contributed by atoms with Crippen LogP contribution in [-0.2, 0) is 0 Å². The van der Waals surface area contributed by atoms with E-state index in [0.29, 0.717) is 0 Å². The molecule has 0 N–H and O–H groups in total. The molecule has 0 bridgehead atoms. The molecule has 0 unspecified atom stereocenters. The maximum Gasteiger partial charge on any atom is 0.118 e. The quantitative estimate of drug-likeness (QED) is 0.383. The molecule has 0 aliphatic heterocycles. The third-order valence-electron chi connectivity index (χ3n) is 2.06. The molecule has 0 nitrogen and oxygen atoms in total. The van der Waals surface area contributed by atoms with Crippen LogP contribution in [0.2, 0.25) is 5.28 Å². The predicted octanol–water partition coefficient (Wildman–Crippen LogP) is 3.71. The topological polar surface area (TPSA) is 0 Å². The van der Waals surface area contributed by atoms with E-state index in [1.165, 1.54) is 56.6 Å². The van der Waals surface area contributed by atoms with E-state index in [1.54, 1.807) is 0 Å².